The summed E-state index contributed by atoms with van der Waals surface area (Å²) in [4.78, 5) is 0. The summed E-state index contributed by atoms with van der Waals surface area (Å²) >= 11 is -1.75. The Balaban J connectivity index is 0. The molecule has 0 aromatic heterocycles. The second-order valence-electron chi connectivity index (χ2n) is 2.64. The zero-order chi connectivity index (χ0) is 13.2. The average Bonchev–Trinajstić information content (AvgIpc) is 2.33. The van der Waals surface area contributed by atoms with Crippen molar-refractivity contribution in [3.8, 4) is 0 Å². The maximum absolute atomic E-state index is 8.61. The Morgan fingerprint density at radius 1 is 0.882 bits per heavy atom. The predicted octanol–water partition coefficient (Wildman–Crippen LogP) is -1.00. The van der Waals surface area contributed by atoms with E-state index in [4.69, 9.17) is 31.1 Å². The Morgan fingerprint density at radius 2 is 1.24 bits per heavy atom. The molecule has 103 valence electrons. The van der Waals surface area contributed by atoms with Gasteiger partial charge in [0.05, 0.1) is 52.9 Å². The summed E-state index contributed by atoms with van der Waals surface area (Å²) < 4.78 is 35.9. The van der Waals surface area contributed by atoms with Crippen LogP contribution in [0.5, 0.6) is 0 Å². The van der Waals surface area contributed by atoms with Gasteiger partial charge in [0.15, 0.2) is 0 Å². The van der Waals surface area contributed by atoms with Crippen molar-refractivity contribution in [3.63, 3.8) is 0 Å². The maximum atomic E-state index is 8.61. The van der Waals surface area contributed by atoms with Crippen LogP contribution in [0, 0.1) is 0 Å². The quantitative estimate of drug-likeness (QED) is 0.372. The monoisotopic (exact) mass is 289 g/mol. The summed E-state index contributed by atoms with van der Waals surface area (Å²) in [6, 6.07) is 0. The summed E-state index contributed by atoms with van der Waals surface area (Å²) in [6.45, 7) is 3.82. The molecule has 0 saturated carbocycles. The van der Waals surface area contributed by atoms with Crippen molar-refractivity contribution in [2.75, 3.05) is 60.0 Å². The zero-order valence-corrected chi connectivity index (χ0v) is 11.7. The van der Waals surface area contributed by atoms with Gasteiger partial charge in [0, 0.05) is 7.11 Å². The molecule has 7 nitrogen and oxygen atoms in total. The summed E-state index contributed by atoms with van der Waals surface area (Å²) in [6.07, 6.45) is 0. The van der Waals surface area contributed by atoms with Crippen molar-refractivity contribution < 1.29 is 50.6 Å². The van der Waals surface area contributed by atoms with E-state index in [9.17, 15) is 0 Å². The molecule has 0 fully saturated rings. The molecular formula is C9H21O7Ti. The van der Waals surface area contributed by atoms with Crippen molar-refractivity contribution in [1.82, 2.24) is 0 Å². The molecule has 2 N–H and O–H groups in total. The van der Waals surface area contributed by atoms with Crippen LogP contribution in [0.4, 0.5) is 0 Å². The second kappa shape index (κ2) is 21.5. The third-order valence-electron chi connectivity index (χ3n) is 1.41. The SMILES string of the molecule is COCCOCCOCCOCCO.[O]=[Ti][OH]. The molecule has 0 atom stereocenters. The molecule has 0 rings (SSSR count). The van der Waals surface area contributed by atoms with E-state index < -0.39 is 19.5 Å². The standard InChI is InChI=1S/C9H20O5.H2O.O.Ti/c1-11-4-5-13-8-9-14-7-6-12-3-2-10;;;/h10H,2-9H2,1H3;1H2;;/q;;;+1/p-1. The van der Waals surface area contributed by atoms with E-state index in [-0.39, 0.29) is 6.61 Å². The molecule has 0 aliphatic rings. The van der Waals surface area contributed by atoms with E-state index in [1.807, 2.05) is 0 Å². The fourth-order valence-electron chi connectivity index (χ4n) is 0.749. The molecule has 0 radical (unpaired) electrons. The molecule has 0 bridgehead atoms. The van der Waals surface area contributed by atoms with E-state index >= 15 is 0 Å². The van der Waals surface area contributed by atoms with E-state index in [0.717, 1.165) is 0 Å². The summed E-state index contributed by atoms with van der Waals surface area (Å²) in [7, 11) is 1.64. The number of aliphatic hydroxyl groups excluding tert-OH is 1. The van der Waals surface area contributed by atoms with Crippen LogP contribution in [0.25, 0.3) is 0 Å². The number of hydrogen-bond donors (Lipinski definition) is 2. The third kappa shape index (κ3) is 26.1. The molecule has 17 heavy (non-hydrogen) atoms. The first-order valence-electron chi connectivity index (χ1n) is 5.17. The van der Waals surface area contributed by atoms with Crippen molar-refractivity contribution in [2.24, 2.45) is 0 Å². The first kappa shape index (κ1) is 19.6. The molecule has 0 aliphatic carbocycles. The van der Waals surface area contributed by atoms with Gasteiger partial charge in [-0.25, -0.2) is 0 Å². The molecule has 0 unspecified atom stereocenters. The Labute approximate surface area is 111 Å². The van der Waals surface area contributed by atoms with Crippen LogP contribution < -0.4 is 0 Å². The third-order valence-corrected chi connectivity index (χ3v) is 1.41. The molecular weight excluding hydrogens is 268 g/mol. The molecule has 0 heterocycles. The molecule has 0 aromatic carbocycles. The molecule has 0 spiro atoms. The predicted molar refractivity (Wildman–Crippen MR) is 54.3 cm³/mol. The van der Waals surface area contributed by atoms with Gasteiger partial charge in [0.2, 0.25) is 0 Å². The van der Waals surface area contributed by atoms with Gasteiger partial charge in [0.1, 0.15) is 0 Å². The van der Waals surface area contributed by atoms with Crippen molar-refractivity contribution in [3.05, 3.63) is 0 Å². The van der Waals surface area contributed by atoms with Crippen LogP contribution in [0.15, 0.2) is 0 Å². The number of hydrogen-bond acceptors (Lipinski definition) is 6. The van der Waals surface area contributed by atoms with Crippen LogP contribution in [-0.2, 0) is 41.8 Å². The van der Waals surface area contributed by atoms with Crippen LogP contribution in [-0.4, -0.2) is 68.8 Å². The van der Waals surface area contributed by atoms with E-state index in [1.54, 1.807) is 7.11 Å². The van der Waals surface area contributed by atoms with Gasteiger partial charge < -0.3 is 24.1 Å². The van der Waals surface area contributed by atoms with Crippen molar-refractivity contribution >= 4 is 0 Å². The first-order chi connectivity index (χ1) is 8.33. The van der Waals surface area contributed by atoms with Crippen molar-refractivity contribution in [1.29, 1.82) is 0 Å². The normalized spacial score (nSPS) is 9.35. The van der Waals surface area contributed by atoms with Crippen LogP contribution >= 0.6 is 0 Å². The van der Waals surface area contributed by atoms with Crippen molar-refractivity contribution in [2.45, 2.75) is 0 Å². The zero-order valence-electron chi connectivity index (χ0n) is 10.1. The minimum absolute atomic E-state index is 0.0557. The molecule has 0 aliphatic heterocycles. The van der Waals surface area contributed by atoms with Crippen LogP contribution in [0.3, 0.4) is 0 Å². The summed E-state index contributed by atoms with van der Waals surface area (Å²) in [5, 5.41) is 8.39. The van der Waals surface area contributed by atoms with E-state index in [1.165, 1.54) is 0 Å². The number of aliphatic hydroxyl groups is 1. The Morgan fingerprint density at radius 3 is 1.59 bits per heavy atom. The topological polar surface area (TPSA) is 94.5 Å². The summed E-state index contributed by atoms with van der Waals surface area (Å²) in [5.74, 6) is 0. The van der Waals surface area contributed by atoms with Gasteiger partial charge in [-0.2, -0.15) is 0 Å². The van der Waals surface area contributed by atoms with E-state index in [0.29, 0.717) is 46.2 Å². The molecule has 8 heteroatoms. The number of ether oxygens (including phenoxy) is 4. The molecule has 0 aromatic rings. The number of methoxy groups -OCH3 is 1. The fraction of sp³-hybridized carbons (Fsp3) is 1.00. The minimum atomic E-state index is -1.75. The van der Waals surface area contributed by atoms with Crippen LogP contribution in [0.2, 0.25) is 0 Å². The van der Waals surface area contributed by atoms with Gasteiger partial charge in [-0.1, -0.05) is 0 Å². The first-order valence-corrected chi connectivity index (χ1v) is 6.51. The van der Waals surface area contributed by atoms with Gasteiger partial charge in [-0.3, -0.25) is 0 Å². The van der Waals surface area contributed by atoms with Gasteiger partial charge in [-0.05, 0) is 0 Å². The Hall–Kier alpha value is 0.274. The molecule has 0 amide bonds. The Bertz CT molecular complexity index is 125. The van der Waals surface area contributed by atoms with Gasteiger partial charge >= 0.3 is 26.5 Å². The van der Waals surface area contributed by atoms with Crippen LogP contribution in [0.1, 0.15) is 0 Å². The second-order valence-corrected chi connectivity index (χ2v) is 2.93. The average molecular weight is 289 g/mol. The summed E-state index contributed by atoms with van der Waals surface area (Å²) in [5.41, 5.74) is 0. The molecule has 0 saturated heterocycles. The number of rotatable bonds is 11. The van der Waals surface area contributed by atoms with Gasteiger partial charge in [-0.15, -0.1) is 0 Å². The van der Waals surface area contributed by atoms with E-state index in [2.05, 4.69) is 0 Å². The Kier molecular flexibility index (Phi) is 24.9. The van der Waals surface area contributed by atoms with Gasteiger partial charge in [0.25, 0.3) is 0 Å². The fourth-order valence-corrected chi connectivity index (χ4v) is 0.749.